The molecule has 0 spiro atoms. The molecule has 5 heterocycles. The molecule has 17 nitrogen and oxygen atoms in total. The number of hydrogen-bond acceptors (Lipinski definition) is 14. The van der Waals surface area contributed by atoms with E-state index in [1.54, 1.807) is 34.4 Å². The van der Waals surface area contributed by atoms with Gasteiger partial charge in [0.15, 0.2) is 5.82 Å². The molecule has 7 rings (SSSR count). The number of piperidine rings is 1. The molecule has 3 aliphatic heterocycles. The zero-order valence-corrected chi connectivity index (χ0v) is 37.3. The maximum absolute atomic E-state index is 13.2. The van der Waals surface area contributed by atoms with Crippen LogP contribution in [0.2, 0.25) is 5.02 Å². The van der Waals surface area contributed by atoms with Crippen LogP contribution in [0.25, 0.3) is 5.00 Å². The highest BCUT2D eigenvalue weighted by atomic mass is 35.5. The maximum atomic E-state index is 13.2. The van der Waals surface area contributed by atoms with E-state index < -0.39 is 24.2 Å². The van der Waals surface area contributed by atoms with E-state index in [2.05, 4.69) is 45.3 Å². The SMILES string of the molecule is Cc1sc2c(c1C)C(c1ccc(Cl)cc1)=N[C@@H](CC(=O)NCCOCCOCCOCCNCCCC(=O)Nc1cccc3c1CN(C1CCC(=O)NC1=O)C3O)c1nnc(C)n1-2. The van der Waals surface area contributed by atoms with Gasteiger partial charge in [0.05, 0.1) is 57.8 Å². The van der Waals surface area contributed by atoms with Gasteiger partial charge in [-0.15, -0.1) is 21.5 Å². The number of aliphatic hydroxyl groups is 1. The number of carbonyl (C=O) groups excluding carboxylic acids is 4. The van der Waals surface area contributed by atoms with Crippen molar-refractivity contribution in [1.82, 2.24) is 35.6 Å². The van der Waals surface area contributed by atoms with Crippen LogP contribution >= 0.6 is 22.9 Å². The van der Waals surface area contributed by atoms with Crippen molar-refractivity contribution < 1.29 is 38.5 Å². The molecule has 1 fully saturated rings. The third kappa shape index (κ3) is 11.2. The Morgan fingerprint density at radius 3 is 2.41 bits per heavy atom. The Balaban J connectivity index is 0.723. The number of aliphatic imine (C=N–C) groups is 1. The van der Waals surface area contributed by atoms with Crippen LogP contribution in [0.4, 0.5) is 5.69 Å². The molecule has 336 valence electrons. The zero-order valence-electron chi connectivity index (χ0n) is 35.7. The van der Waals surface area contributed by atoms with Crippen LogP contribution in [0.5, 0.6) is 0 Å². The molecule has 2 unspecified atom stereocenters. The van der Waals surface area contributed by atoms with Gasteiger partial charge in [0, 0.05) is 64.8 Å². The monoisotopic (exact) mass is 903 g/mol. The largest absolute Gasteiger partial charge is 0.378 e. The van der Waals surface area contributed by atoms with Crippen molar-refractivity contribution in [1.29, 1.82) is 0 Å². The summed E-state index contributed by atoms with van der Waals surface area (Å²) in [6.45, 7) is 10.4. The number of hydrogen-bond donors (Lipinski definition) is 5. The number of ether oxygens (including phenoxy) is 3. The van der Waals surface area contributed by atoms with Crippen molar-refractivity contribution >= 4 is 58.0 Å². The molecule has 2 aromatic carbocycles. The fourth-order valence-electron chi connectivity index (χ4n) is 7.91. The Labute approximate surface area is 374 Å². The third-order valence-corrected chi connectivity index (χ3v) is 12.7. The number of carbonyl (C=O) groups is 4. The quantitative estimate of drug-likeness (QED) is 0.0595. The fraction of sp³-hybridized carbons (Fsp3) is 0.477. The third-order valence-electron chi connectivity index (χ3n) is 11.3. The first-order chi connectivity index (χ1) is 30.5. The Hall–Kier alpha value is -4.92. The number of amides is 4. The first-order valence-electron chi connectivity index (χ1n) is 21.3. The molecule has 63 heavy (non-hydrogen) atoms. The van der Waals surface area contributed by atoms with Gasteiger partial charge in [-0.3, -0.25) is 39.0 Å². The Morgan fingerprint density at radius 2 is 1.67 bits per heavy atom. The molecular weight excluding hydrogens is 850 g/mol. The molecular formula is C44H54ClN9O8S. The number of fused-ring (bicyclic) bond motifs is 4. The average Bonchev–Trinajstić information content (AvgIpc) is 3.87. The van der Waals surface area contributed by atoms with Crippen LogP contribution in [0.3, 0.4) is 0 Å². The van der Waals surface area contributed by atoms with Crippen molar-refractivity contribution in [2.24, 2.45) is 4.99 Å². The van der Waals surface area contributed by atoms with Gasteiger partial charge in [0.1, 0.15) is 23.1 Å². The van der Waals surface area contributed by atoms with Crippen LogP contribution in [-0.4, -0.2) is 119 Å². The number of aryl methyl sites for hydroxylation is 2. The first-order valence-corrected chi connectivity index (χ1v) is 22.5. The van der Waals surface area contributed by atoms with Gasteiger partial charge >= 0.3 is 0 Å². The van der Waals surface area contributed by atoms with Gasteiger partial charge in [0.2, 0.25) is 23.6 Å². The number of benzene rings is 2. The predicted molar refractivity (Wildman–Crippen MR) is 237 cm³/mol. The summed E-state index contributed by atoms with van der Waals surface area (Å²) < 4.78 is 18.9. The molecule has 2 aromatic heterocycles. The minimum atomic E-state index is -0.996. The van der Waals surface area contributed by atoms with E-state index in [-0.39, 0.29) is 37.1 Å². The maximum Gasteiger partial charge on any atom is 0.244 e. The molecule has 1 saturated heterocycles. The second-order valence-corrected chi connectivity index (χ2v) is 17.2. The lowest BCUT2D eigenvalue weighted by atomic mass is 9.99. The summed E-state index contributed by atoms with van der Waals surface area (Å²) in [6.07, 6.45) is 0.586. The number of aromatic nitrogens is 3. The summed E-state index contributed by atoms with van der Waals surface area (Å²) in [5.74, 6) is 0.324. The summed E-state index contributed by atoms with van der Waals surface area (Å²) in [6, 6.07) is 11.8. The van der Waals surface area contributed by atoms with E-state index in [1.807, 2.05) is 35.8 Å². The normalized spacial score (nSPS) is 18.3. The molecule has 3 aliphatic rings. The van der Waals surface area contributed by atoms with Crippen molar-refractivity contribution in [3.63, 3.8) is 0 Å². The second-order valence-electron chi connectivity index (χ2n) is 15.6. The minimum absolute atomic E-state index is 0.0957. The van der Waals surface area contributed by atoms with E-state index in [4.69, 9.17) is 30.8 Å². The number of imide groups is 1. The Kier molecular flexibility index (Phi) is 15.8. The highest BCUT2D eigenvalue weighted by Crippen LogP contribution is 2.40. The molecule has 0 aliphatic carbocycles. The van der Waals surface area contributed by atoms with Crippen molar-refractivity contribution in [2.75, 3.05) is 64.6 Å². The predicted octanol–water partition coefficient (Wildman–Crippen LogP) is 3.98. The van der Waals surface area contributed by atoms with E-state index in [0.717, 1.165) is 38.8 Å². The van der Waals surface area contributed by atoms with Crippen LogP contribution in [0, 0.1) is 20.8 Å². The summed E-state index contributed by atoms with van der Waals surface area (Å²) in [5.41, 5.74) is 5.88. The lowest BCUT2D eigenvalue weighted by Gasteiger charge is -2.31. The number of halogens is 1. The smallest absolute Gasteiger partial charge is 0.244 e. The van der Waals surface area contributed by atoms with E-state index >= 15 is 0 Å². The summed E-state index contributed by atoms with van der Waals surface area (Å²) in [4.78, 5) is 57.9. The van der Waals surface area contributed by atoms with Crippen molar-refractivity contribution in [3.8, 4) is 5.00 Å². The summed E-state index contributed by atoms with van der Waals surface area (Å²) >= 11 is 7.88. The van der Waals surface area contributed by atoms with Crippen LogP contribution in [0.15, 0.2) is 47.5 Å². The van der Waals surface area contributed by atoms with E-state index in [0.29, 0.717) is 101 Å². The standard InChI is InChI=1S/C44H54ClN9O8S/c1-26-27(2)63-44-39(26)40(29-9-11-30(45)12-10-29)49-34(41-52-51-28(3)54(41)44)24-38(57)47-17-19-61-21-23-62-22-20-60-18-16-46-15-5-8-36(55)48-33-7-4-6-31-32(33)25-53(43(31)59)35-13-14-37(56)50-42(35)58/h4,6-7,9-12,34-35,43,46,59H,5,8,13-25H2,1-3H3,(H,47,57)(H,48,55)(H,50,56,58)/t34-,35?,43?/m0/s1. The van der Waals surface area contributed by atoms with Crippen LogP contribution in [-0.2, 0) is 39.9 Å². The minimum Gasteiger partial charge on any atom is -0.378 e. The number of rotatable bonds is 21. The fourth-order valence-corrected chi connectivity index (χ4v) is 9.25. The van der Waals surface area contributed by atoms with Crippen LogP contribution in [0.1, 0.15) is 88.7 Å². The summed E-state index contributed by atoms with van der Waals surface area (Å²) in [5, 5.41) is 32.9. The topological polar surface area (TPSA) is 211 Å². The second kappa shape index (κ2) is 21.6. The highest BCUT2D eigenvalue weighted by molar-refractivity contribution is 7.15. The van der Waals surface area contributed by atoms with Crippen molar-refractivity contribution in [3.05, 3.63) is 91.8 Å². The number of thiophene rings is 1. The molecule has 0 saturated carbocycles. The molecule has 5 N–H and O–H groups in total. The van der Waals surface area contributed by atoms with Gasteiger partial charge in [-0.1, -0.05) is 35.9 Å². The van der Waals surface area contributed by atoms with Gasteiger partial charge in [-0.25, -0.2) is 0 Å². The zero-order chi connectivity index (χ0) is 44.5. The number of aliphatic hydroxyl groups excluding tert-OH is 1. The van der Waals surface area contributed by atoms with Gasteiger partial charge in [0.25, 0.3) is 0 Å². The lowest BCUT2D eigenvalue weighted by Crippen LogP contribution is -2.51. The molecule has 4 aromatic rings. The van der Waals surface area contributed by atoms with Gasteiger partial charge in [-0.2, -0.15) is 0 Å². The number of nitrogens with one attached hydrogen (secondary N) is 4. The molecule has 4 amide bonds. The number of nitrogens with zero attached hydrogens (tertiary/aromatic N) is 5. The summed E-state index contributed by atoms with van der Waals surface area (Å²) in [7, 11) is 0. The average molecular weight is 904 g/mol. The van der Waals surface area contributed by atoms with E-state index in [9.17, 15) is 24.3 Å². The molecule has 0 radical (unpaired) electrons. The van der Waals surface area contributed by atoms with Crippen LogP contribution < -0.4 is 21.3 Å². The first kappa shape index (κ1) is 46.1. The highest BCUT2D eigenvalue weighted by Gasteiger charge is 2.40. The van der Waals surface area contributed by atoms with Gasteiger partial charge in [-0.05, 0) is 69.5 Å². The van der Waals surface area contributed by atoms with Gasteiger partial charge < -0.3 is 35.3 Å². The van der Waals surface area contributed by atoms with Crippen molar-refractivity contribution in [2.45, 2.75) is 77.7 Å². The molecule has 19 heteroatoms. The Bertz CT molecular complexity index is 2320. The van der Waals surface area contributed by atoms with E-state index in [1.165, 1.54) is 4.88 Å². The molecule has 0 bridgehead atoms. The lowest BCUT2D eigenvalue weighted by molar-refractivity contribution is -0.141. The number of anilines is 1. The molecule has 3 atom stereocenters. The Morgan fingerprint density at radius 1 is 0.937 bits per heavy atom.